The summed E-state index contributed by atoms with van der Waals surface area (Å²) in [6.07, 6.45) is 4.86. The molecule has 3 aromatic carbocycles. The third-order valence-electron chi connectivity index (χ3n) is 7.13. The number of unbranched alkanes of at least 4 members (excludes halogenated alkanes) is 3. The fourth-order valence-corrected chi connectivity index (χ4v) is 5.09. The summed E-state index contributed by atoms with van der Waals surface area (Å²) in [7, 11) is 0. The highest BCUT2D eigenvalue weighted by atomic mass is 16.5. The number of hydrogen-bond acceptors (Lipinski definition) is 6. The second kappa shape index (κ2) is 12.0. The number of H-pyrrole nitrogens is 1. The topological polar surface area (TPSA) is 150 Å². The molecule has 206 valence electrons. The van der Waals surface area contributed by atoms with Crippen molar-refractivity contribution in [1.29, 1.82) is 0 Å². The van der Waals surface area contributed by atoms with Gasteiger partial charge in [0.2, 0.25) is 23.6 Å². The maximum Gasteiger partial charge on any atom is 0.248 e. The van der Waals surface area contributed by atoms with Crippen molar-refractivity contribution in [3.8, 4) is 17.2 Å². The van der Waals surface area contributed by atoms with E-state index >= 15 is 0 Å². The highest BCUT2D eigenvalue weighted by Crippen LogP contribution is 2.32. The molecular formula is C31H33N5O4. The van der Waals surface area contributed by atoms with Gasteiger partial charge in [0.1, 0.15) is 12.4 Å². The molecule has 0 saturated carbocycles. The molecule has 0 aliphatic carbocycles. The summed E-state index contributed by atoms with van der Waals surface area (Å²) in [4.78, 5) is 25.8. The normalized spacial score (nSPS) is 11.3. The Labute approximate surface area is 231 Å². The van der Waals surface area contributed by atoms with E-state index in [4.69, 9.17) is 20.6 Å². The number of nitrogens with one attached hydrogen (secondary N) is 1. The predicted octanol–water partition coefficient (Wildman–Crippen LogP) is 5.26. The molecular weight excluding hydrogens is 506 g/mol. The number of hydrogen-bond donors (Lipinski definition) is 3. The van der Waals surface area contributed by atoms with Crippen molar-refractivity contribution in [2.75, 3.05) is 0 Å². The standard InChI is InChI=1S/C31H33N5O4/c1-19-24(17-29(33)38)25-16-21(13-15-27(25)34-19)39-18-26-22-9-7-6-8-20(22)12-14-23(26)31-36-35-30(40-31)11-5-3-2-4-10-28(32)37/h6-9,12-16,34H,2-5,10-11,17-18H2,1H3,(H2,32,37)(H2,33,38). The van der Waals surface area contributed by atoms with Gasteiger partial charge in [-0.15, -0.1) is 10.2 Å². The maximum absolute atomic E-state index is 11.6. The van der Waals surface area contributed by atoms with Gasteiger partial charge in [0.15, 0.2) is 0 Å². The second-order valence-corrected chi connectivity index (χ2v) is 10.1. The zero-order valence-electron chi connectivity index (χ0n) is 22.5. The molecule has 0 unspecified atom stereocenters. The lowest BCUT2D eigenvalue weighted by Crippen LogP contribution is -2.14. The van der Waals surface area contributed by atoms with Gasteiger partial charge in [-0.3, -0.25) is 9.59 Å². The predicted molar refractivity (Wildman–Crippen MR) is 153 cm³/mol. The van der Waals surface area contributed by atoms with Gasteiger partial charge >= 0.3 is 0 Å². The first-order chi connectivity index (χ1) is 19.4. The van der Waals surface area contributed by atoms with Crippen LogP contribution >= 0.6 is 0 Å². The number of ether oxygens (including phenoxy) is 1. The molecule has 0 fully saturated rings. The van der Waals surface area contributed by atoms with Crippen LogP contribution in [0.4, 0.5) is 0 Å². The van der Waals surface area contributed by atoms with Gasteiger partial charge in [-0.25, -0.2) is 0 Å². The van der Waals surface area contributed by atoms with Crippen LogP contribution in [0.2, 0.25) is 0 Å². The van der Waals surface area contributed by atoms with Crippen molar-refractivity contribution < 1.29 is 18.7 Å². The quantitative estimate of drug-likeness (QED) is 0.174. The van der Waals surface area contributed by atoms with Crippen molar-refractivity contribution in [3.05, 3.63) is 77.3 Å². The van der Waals surface area contributed by atoms with Crippen LogP contribution in [0.15, 0.2) is 59.0 Å². The molecule has 2 amide bonds. The van der Waals surface area contributed by atoms with E-state index in [1.807, 2.05) is 49.4 Å². The first-order valence-corrected chi connectivity index (χ1v) is 13.5. The van der Waals surface area contributed by atoms with Crippen LogP contribution in [0.1, 0.15) is 54.8 Å². The molecule has 0 aliphatic rings. The van der Waals surface area contributed by atoms with E-state index < -0.39 is 0 Å². The Hall–Kier alpha value is -4.66. The van der Waals surface area contributed by atoms with Gasteiger partial charge in [0, 0.05) is 40.6 Å². The Morgan fingerprint density at radius 1 is 0.900 bits per heavy atom. The van der Waals surface area contributed by atoms with E-state index in [2.05, 4.69) is 27.3 Å². The lowest BCUT2D eigenvalue weighted by atomic mass is 9.99. The zero-order valence-corrected chi connectivity index (χ0v) is 22.5. The SMILES string of the molecule is Cc1[nH]c2ccc(OCc3c(-c4nnc(CCCCCCC(N)=O)o4)ccc4ccccc34)cc2c1CC(N)=O. The van der Waals surface area contributed by atoms with E-state index in [0.717, 1.165) is 69.7 Å². The van der Waals surface area contributed by atoms with Crippen molar-refractivity contribution in [2.45, 2.75) is 58.5 Å². The van der Waals surface area contributed by atoms with Crippen LogP contribution in [0, 0.1) is 6.92 Å². The van der Waals surface area contributed by atoms with E-state index in [1.165, 1.54) is 0 Å². The average Bonchev–Trinajstić information content (AvgIpc) is 3.52. The van der Waals surface area contributed by atoms with E-state index in [-0.39, 0.29) is 24.8 Å². The highest BCUT2D eigenvalue weighted by Gasteiger charge is 2.17. The number of nitrogens with zero attached hydrogens (tertiary/aromatic N) is 2. The molecule has 0 radical (unpaired) electrons. The van der Waals surface area contributed by atoms with E-state index in [9.17, 15) is 9.59 Å². The Balaban J connectivity index is 1.36. The number of carbonyl (C=O) groups excluding carboxylic acids is 2. The van der Waals surface area contributed by atoms with Crippen LogP contribution in [0.25, 0.3) is 33.1 Å². The Bertz CT molecular complexity index is 1670. The molecule has 0 spiro atoms. The minimum Gasteiger partial charge on any atom is -0.489 e. The molecule has 5 N–H and O–H groups in total. The molecule has 40 heavy (non-hydrogen) atoms. The minimum atomic E-state index is -0.377. The minimum absolute atomic E-state index is 0.162. The van der Waals surface area contributed by atoms with Gasteiger partial charge < -0.3 is 25.6 Å². The van der Waals surface area contributed by atoms with Crippen LogP contribution in [0.3, 0.4) is 0 Å². The van der Waals surface area contributed by atoms with Gasteiger partial charge in [0.05, 0.1) is 6.42 Å². The largest absolute Gasteiger partial charge is 0.489 e. The summed E-state index contributed by atoms with van der Waals surface area (Å²) in [5.41, 5.74) is 15.2. The summed E-state index contributed by atoms with van der Waals surface area (Å²) >= 11 is 0. The van der Waals surface area contributed by atoms with Crippen LogP contribution in [0.5, 0.6) is 5.75 Å². The van der Waals surface area contributed by atoms with E-state index in [0.29, 0.717) is 30.4 Å². The van der Waals surface area contributed by atoms with Gasteiger partial charge in [-0.05, 0) is 60.4 Å². The zero-order chi connectivity index (χ0) is 28.1. The third-order valence-corrected chi connectivity index (χ3v) is 7.13. The van der Waals surface area contributed by atoms with Crippen molar-refractivity contribution in [3.63, 3.8) is 0 Å². The fourth-order valence-electron chi connectivity index (χ4n) is 5.09. The van der Waals surface area contributed by atoms with Crippen LogP contribution < -0.4 is 16.2 Å². The Morgan fingerprint density at radius 3 is 2.55 bits per heavy atom. The Kier molecular flexibility index (Phi) is 8.10. The molecule has 2 heterocycles. The highest BCUT2D eigenvalue weighted by molar-refractivity contribution is 5.91. The fraction of sp³-hybridized carbons (Fsp3) is 0.290. The summed E-state index contributed by atoms with van der Waals surface area (Å²) in [6, 6.07) is 18.0. The monoisotopic (exact) mass is 539 g/mol. The summed E-state index contributed by atoms with van der Waals surface area (Å²) < 4.78 is 12.4. The molecule has 0 bridgehead atoms. The lowest BCUT2D eigenvalue weighted by Gasteiger charge is -2.13. The summed E-state index contributed by atoms with van der Waals surface area (Å²) in [5, 5.41) is 11.7. The van der Waals surface area contributed by atoms with E-state index in [1.54, 1.807) is 0 Å². The first-order valence-electron chi connectivity index (χ1n) is 13.5. The maximum atomic E-state index is 11.6. The lowest BCUT2D eigenvalue weighted by molar-refractivity contribution is -0.118. The van der Waals surface area contributed by atoms with Gasteiger partial charge in [0.25, 0.3) is 0 Å². The first kappa shape index (κ1) is 26.9. The number of rotatable bonds is 13. The van der Waals surface area contributed by atoms with Crippen molar-refractivity contribution >= 4 is 33.5 Å². The molecule has 5 aromatic rings. The number of primary amides is 2. The van der Waals surface area contributed by atoms with Gasteiger partial charge in [-0.1, -0.05) is 43.2 Å². The number of nitrogens with two attached hydrogens (primary N) is 2. The number of aromatic nitrogens is 3. The number of amides is 2. The van der Waals surface area contributed by atoms with Crippen molar-refractivity contribution in [1.82, 2.24) is 15.2 Å². The number of fused-ring (bicyclic) bond motifs is 2. The Morgan fingerprint density at radius 2 is 1.73 bits per heavy atom. The molecule has 0 aliphatic heterocycles. The molecule has 9 nitrogen and oxygen atoms in total. The molecule has 9 heteroatoms. The second-order valence-electron chi connectivity index (χ2n) is 10.1. The number of aryl methyl sites for hydroxylation is 2. The number of carbonyl (C=O) groups is 2. The molecule has 2 aromatic heterocycles. The van der Waals surface area contributed by atoms with Gasteiger partial charge in [-0.2, -0.15) is 0 Å². The summed E-state index contributed by atoms with van der Waals surface area (Å²) in [5.74, 6) is 1.08. The number of aromatic amines is 1. The molecule has 5 rings (SSSR count). The van der Waals surface area contributed by atoms with Crippen LogP contribution in [-0.2, 0) is 29.0 Å². The molecule has 0 atom stereocenters. The summed E-state index contributed by atoms with van der Waals surface area (Å²) in [6.45, 7) is 2.22. The van der Waals surface area contributed by atoms with Crippen molar-refractivity contribution in [2.24, 2.45) is 11.5 Å². The number of benzene rings is 3. The average molecular weight is 540 g/mol. The molecule has 0 saturated heterocycles. The van der Waals surface area contributed by atoms with Crippen LogP contribution in [-0.4, -0.2) is 27.0 Å². The smallest absolute Gasteiger partial charge is 0.248 e. The third kappa shape index (κ3) is 6.14.